The summed E-state index contributed by atoms with van der Waals surface area (Å²) in [5.74, 6) is -0.548. The van der Waals surface area contributed by atoms with E-state index in [2.05, 4.69) is 6.92 Å². The van der Waals surface area contributed by atoms with E-state index in [1.807, 2.05) is 24.3 Å². The van der Waals surface area contributed by atoms with Gasteiger partial charge in [0.2, 0.25) is 0 Å². The summed E-state index contributed by atoms with van der Waals surface area (Å²) < 4.78 is 0. The van der Waals surface area contributed by atoms with Gasteiger partial charge in [0, 0.05) is 18.4 Å². The van der Waals surface area contributed by atoms with Crippen LogP contribution in [0.25, 0.3) is 0 Å². The number of carbonyl (C=O) groups excluding carboxylic acids is 1. The summed E-state index contributed by atoms with van der Waals surface area (Å²) in [6.45, 7) is 2.18. The number of carboxylic acids is 1. The molecule has 0 atom stereocenters. The number of carboxylic acid groups (broad SMARTS) is 1. The third-order valence-electron chi connectivity index (χ3n) is 3.64. The molecule has 0 unspecified atom stereocenters. The molecule has 0 aliphatic rings. The van der Waals surface area contributed by atoms with Crippen LogP contribution in [-0.2, 0) is 11.2 Å². The Labute approximate surface area is 127 Å². The number of ketones is 1. The highest BCUT2D eigenvalue weighted by Crippen LogP contribution is 2.12. The van der Waals surface area contributed by atoms with E-state index < -0.39 is 5.97 Å². The summed E-state index contributed by atoms with van der Waals surface area (Å²) in [5, 5.41) is 8.60. The average Bonchev–Trinajstić information content (AvgIpc) is 2.47. The largest absolute Gasteiger partial charge is 0.481 e. The van der Waals surface area contributed by atoms with Crippen molar-refractivity contribution < 1.29 is 14.7 Å². The van der Waals surface area contributed by atoms with Crippen molar-refractivity contribution in [3.05, 3.63) is 35.4 Å². The molecule has 21 heavy (non-hydrogen) atoms. The molecule has 0 amide bonds. The Morgan fingerprint density at radius 3 is 2.19 bits per heavy atom. The van der Waals surface area contributed by atoms with Gasteiger partial charge in [0.15, 0.2) is 5.78 Å². The lowest BCUT2D eigenvalue weighted by Gasteiger charge is -2.04. The van der Waals surface area contributed by atoms with E-state index in [1.54, 1.807) is 0 Å². The van der Waals surface area contributed by atoms with E-state index in [4.69, 9.17) is 5.11 Å². The van der Waals surface area contributed by atoms with Crippen LogP contribution in [0.2, 0.25) is 0 Å². The van der Waals surface area contributed by atoms with Gasteiger partial charge in [0.1, 0.15) is 0 Å². The molecule has 3 heteroatoms. The molecule has 116 valence electrons. The highest BCUT2D eigenvalue weighted by Gasteiger charge is 2.06. The number of Topliss-reactive ketones (excluding diaryl/α,β-unsaturated/α-hetero) is 1. The average molecular weight is 290 g/mol. The molecule has 0 aliphatic heterocycles. The van der Waals surface area contributed by atoms with Crippen molar-refractivity contribution in [2.24, 2.45) is 0 Å². The Hall–Kier alpha value is -1.64. The van der Waals surface area contributed by atoms with Gasteiger partial charge in [-0.2, -0.15) is 0 Å². The van der Waals surface area contributed by atoms with Crippen molar-refractivity contribution in [3.8, 4) is 0 Å². The monoisotopic (exact) mass is 290 g/mol. The highest BCUT2D eigenvalue weighted by molar-refractivity contribution is 5.96. The van der Waals surface area contributed by atoms with Gasteiger partial charge >= 0.3 is 5.97 Å². The van der Waals surface area contributed by atoms with Crippen LogP contribution >= 0.6 is 0 Å². The number of hydrogen-bond acceptors (Lipinski definition) is 2. The quantitative estimate of drug-likeness (QED) is 0.477. The van der Waals surface area contributed by atoms with Gasteiger partial charge in [-0.25, -0.2) is 0 Å². The summed E-state index contributed by atoms with van der Waals surface area (Å²) in [5.41, 5.74) is 1.86. The predicted molar refractivity (Wildman–Crippen MR) is 84.7 cm³/mol. The molecule has 0 fully saturated rings. The zero-order valence-corrected chi connectivity index (χ0v) is 12.9. The van der Waals surface area contributed by atoms with E-state index in [0.717, 1.165) is 30.4 Å². The number of aliphatic carboxylic acids is 1. The van der Waals surface area contributed by atoms with Gasteiger partial charge in [0.05, 0.1) is 0 Å². The zero-order valence-electron chi connectivity index (χ0n) is 12.9. The first-order valence-corrected chi connectivity index (χ1v) is 7.97. The van der Waals surface area contributed by atoms with E-state index in [1.165, 1.54) is 19.3 Å². The Kier molecular flexibility index (Phi) is 8.41. The molecule has 1 aromatic rings. The van der Waals surface area contributed by atoms with Crippen LogP contribution in [0.15, 0.2) is 24.3 Å². The predicted octanol–water partition coefficient (Wildman–Crippen LogP) is 4.64. The second-order valence-electron chi connectivity index (χ2n) is 5.53. The van der Waals surface area contributed by atoms with Gasteiger partial charge < -0.3 is 5.11 Å². The first-order chi connectivity index (χ1) is 10.1. The van der Waals surface area contributed by atoms with Crippen molar-refractivity contribution in [2.45, 2.75) is 64.7 Å². The third-order valence-corrected chi connectivity index (χ3v) is 3.64. The summed E-state index contributed by atoms with van der Waals surface area (Å²) in [4.78, 5) is 22.5. The SMILES string of the molecule is CCCCCCCC(=O)c1ccc(CCCC(=O)O)cc1. The van der Waals surface area contributed by atoms with Gasteiger partial charge in [-0.05, 0) is 24.8 Å². The summed E-state index contributed by atoms with van der Waals surface area (Å²) >= 11 is 0. The lowest BCUT2D eigenvalue weighted by atomic mass is 10.0. The summed E-state index contributed by atoms with van der Waals surface area (Å²) in [6, 6.07) is 7.60. The molecular formula is C18H26O3. The number of unbranched alkanes of at least 4 members (excludes halogenated alkanes) is 4. The van der Waals surface area contributed by atoms with Crippen LogP contribution in [-0.4, -0.2) is 16.9 Å². The second kappa shape index (κ2) is 10.1. The minimum absolute atomic E-state index is 0.193. The van der Waals surface area contributed by atoms with Crippen molar-refractivity contribution in [3.63, 3.8) is 0 Å². The molecule has 0 bridgehead atoms. The first kappa shape index (κ1) is 17.4. The molecule has 0 saturated carbocycles. The Balaban J connectivity index is 2.32. The minimum Gasteiger partial charge on any atom is -0.481 e. The molecule has 3 nitrogen and oxygen atoms in total. The van der Waals surface area contributed by atoms with Crippen LogP contribution in [0.3, 0.4) is 0 Å². The van der Waals surface area contributed by atoms with E-state index >= 15 is 0 Å². The van der Waals surface area contributed by atoms with Crippen molar-refractivity contribution >= 4 is 11.8 Å². The normalized spacial score (nSPS) is 10.5. The molecular weight excluding hydrogens is 264 g/mol. The third kappa shape index (κ3) is 7.64. The van der Waals surface area contributed by atoms with Crippen LogP contribution in [0, 0.1) is 0 Å². The van der Waals surface area contributed by atoms with Crippen molar-refractivity contribution in [1.29, 1.82) is 0 Å². The highest BCUT2D eigenvalue weighted by atomic mass is 16.4. The number of hydrogen-bond donors (Lipinski definition) is 1. The van der Waals surface area contributed by atoms with Crippen LogP contribution in [0.4, 0.5) is 0 Å². The molecule has 1 aromatic carbocycles. The van der Waals surface area contributed by atoms with E-state index in [0.29, 0.717) is 12.8 Å². The van der Waals surface area contributed by atoms with Gasteiger partial charge in [-0.15, -0.1) is 0 Å². The maximum Gasteiger partial charge on any atom is 0.303 e. The van der Waals surface area contributed by atoms with Gasteiger partial charge in [-0.3, -0.25) is 9.59 Å². The molecule has 0 radical (unpaired) electrons. The van der Waals surface area contributed by atoms with Crippen molar-refractivity contribution in [2.75, 3.05) is 0 Å². The number of rotatable bonds is 11. The Morgan fingerprint density at radius 2 is 1.57 bits per heavy atom. The topological polar surface area (TPSA) is 54.4 Å². The van der Waals surface area contributed by atoms with Crippen LogP contribution in [0.5, 0.6) is 0 Å². The fraction of sp³-hybridized carbons (Fsp3) is 0.556. The number of benzene rings is 1. The minimum atomic E-state index is -0.759. The zero-order chi connectivity index (χ0) is 15.5. The fourth-order valence-corrected chi connectivity index (χ4v) is 2.33. The molecule has 0 aliphatic carbocycles. The number of aryl methyl sites for hydroxylation is 1. The summed E-state index contributed by atoms with van der Waals surface area (Å²) in [7, 11) is 0. The molecule has 0 saturated heterocycles. The second-order valence-corrected chi connectivity index (χ2v) is 5.53. The standard InChI is InChI=1S/C18H26O3/c1-2-3-4-5-6-9-17(19)16-13-11-15(12-14-16)8-7-10-18(20)21/h11-14H,2-10H2,1H3,(H,20,21). The lowest BCUT2D eigenvalue weighted by Crippen LogP contribution is -2.00. The molecule has 0 spiro atoms. The molecule has 1 rings (SSSR count). The van der Waals surface area contributed by atoms with E-state index in [-0.39, 0.29) is 12.2 Å². The molecule has 1 N–H and O–H groups in total. The molecule has 0 aromatic heterocycles. The number of carbonyl (C=O) groups is 2. The lowest BCUT2D eigenvalue weighted by molar-refractivity contribution is -0.137. The molecule has 0 heterocycles. The Morgan fingerprint density at radius 1 is 0.905 bits per heavy atom. The van der Waals surface area contributed by atoms with Gasteiger partial charge in [-0.1, -0.05) is 56.9 Å². The maximum absolute atomic E-state index is 12.0. The Bertz CT molecular complexity index is 434. The van der Waals surface area contributed by atoms with Crippen molar-refractivity contribution in [1.82, 2.24) is 0 Å². The van der Waals surface area contributed by atoms with Crippen LogP contribution < -0.4 is 0 Å². The maximum atomic E-state index is 12.0. The smallest absolute Gasteiger partial charge is 0.303 e. The van der Waals surface area contributed by atoms with Gasteiger partial charge in [0.25, 0.3) is 0 Å². The first-order valence-electron chi connectivity index (χ1n) is 7.97. The summed E-state index contributed by atoms with van der Waals surface area (Å²) in [6.07, 6.45) is 7.99. The van der Waals surface area contributed by atoms with E-state index in [9.17, 15) is 9.59 Å². The van der Waals surface area contributed by atoms with Crippen LogP contribution in [0.1, 0.15) is 74.2 Å². The fourth-order valence-electron chi connectivity index (χ4n) is 2.33.